The van der Waals surface area contributed by atoms with Crippen LogP contribution in [0, 0.1) is 0 Å². The van der Waals surface area contributed by atoms with Crippen molar-refractivity contribution in [1.29, 1.82) is 0 Å². The summed E-state index contributed by atoms with van der Waals surface area (Å²) in [6.07, 6.45) is 0. The van der Waals surface area contributed by atoms with E-state index in [4.69, 9.17) is 25.2 Å². The van der Waals surface area contributed by atoms with Gasteiger partial charge in [0.2, 0.25) is 11.5 Å². The average molecular weight is 383 g/mol. The van der Waals surface area contributed by atoms with Gasteiger partial charge in [-0.3, -0.25) is 9.59 Å². The van der Waals surface area contributed by atoms with Gasteiger partial charge in [-0.05, 0) is 30.3 Å². The molecule has 27 heavy (non-hydrogen) atoms. The molecule has 0 saturated carbocycles. The van der Waals surface area contributed by atoms with Crippen LogP contribution < -0.4 is 5.43 Å². The van der Waals surface area contributed by atoms with E-state index in [2.05, 4.69) is 0 Å². The Balaban J connectivity index is 1.52. The van der Waals surface area contributed by atoms with E-state index in [1.165, 1.54) is 18.2 Å². The zero-order valence-electron chi connectivity index (χ0n) is 13.7. The first kappa shape index (κ1) is 17.1. The fourth-order valence-electron chi connectivity index (χ4n) is 2.62. The summed E-state index contributed by atoms with van der Waals surface area (Å²) in [5.74, 6) is -1.64. The third-order valence-corrected chi connectivity index (χ3v) is 4.16. The minimum atomic E-state index is -0.923. The molecule has 0 saturated heterocycles. The highest BCUT2D eigenvalue weighted by atomic mass is 35.5. The van der Waals surface area contributed by atoms with Gasteiger partial charge in [-0.1, -0.05) is 29.8 Å². The zero-order chi connectivity index (χ0) is 19.0. The topological polar surface area (TPSA) is 86.7 Å². The molecule has 0 fully saturated rings. The highest BCUT2D eigenvalue weighted by molar-refractivity contribution is 6.31. The molecule has 0 aliphatic rings. The Bertz CT molecular complexity index is 1220. The molecule has 4 rings (SSSR count). The van der Waals surface area contributed by atoms with E-state index in [-0.39, 0.29) is 22.5 Å². The van der Waals surface area contributed by atoms with E-state index < -0.39 is 23.8 Å². The minimum Gasteiger partial charge on any atom is -0.453 e. The lowest BCUT2D eigenvalue weighted by atomic mass is 10.2. The number of Topliss-reactive ketones (excluding diaryl/α,β-unsaturated/α-hetero) is 1. The Morgan fingerprint density at radius 2 is 1.70 bits per heavy atom. The molecule has 0 N–H and O–H groups in total. The van der Waals surface area contributed by atoms with Crippen LogP contribution in [0.1, 0.15) is 21.1 Å². The lowest BCUT2D eigenvalue weighted by Gasteiger charge is -2.04. The summed E-state index contributed by atoms with van der Waals surface area (Å²) >= 11 is 5.85. The molecule has 134 valence electrons. The first-order chi connectivity index (χ1) is 13.0. The van der Waals surface area contributed by atoms with Crippen molar-refractivity contribution >= 4 is 45.3 Å². The molecular weight excluding hydrogens is 372 g/mol. The van der Waals surface area contributed by atoms with Crippen molar-refractivity contribution < 1.29 is 23.2 Å². The molecule has 0 atom stereocenters. The number of fused-ring (bicyclic) bond motifs is 2. The number of rotatable bonds is 4. The lowest BCUT2D eigenvalue weighted by molar-refractivity contribution is 0.0438. The maximum atomic E-state index is 12.2. The Hall–Kier alpha value is -3.38. The van der Waals surface area contributed by atoms with Gasteiger partial charge < -0.3 is 13.6 Å². The molecule has 6 nitrogen and oxygen atoms in total. The van der Waals surface area contributed by atoms with E-state index in [9.17, 15) is 14.4 Å². The predicted octanol–water partition coefficient (Wildman–Crippen LogP) is 4.23. The van der Waals surface area contributed by atoms with Gasteiger partial charge in [-0.15, -0.1) is 0 Å². The van der Waals surface area contributed by atoms with Crippen molar-refractivity contribution in [2.45, 2.75) is 0 Å². The number of halogens is 1. The van der Waals surface area contributed by atoms with Crippen LogP contribution in [-0.2, 0) is 4.74 Å². The SMILES string of the molecule is O=C(COC(=O)c1cc(=O)c2cc(Cl)ccc2o1)c1cc2ccccc2o1. The number of para-hydroxylation sites is 1. The number of esters is 1. The maximum absolute atomic E-state index is 12.2. The Morgan fingerprint density at radius 3 is 2.52 bits per heavy atom. The van der Waals surface area contributed by atoms with Crippen LogP contribution in [0.5, 0.6) is 0 Å². The van der Waals surface area contributed by atoms with Crippen LogP contribution in [0.15, 0.2) is 68.2 Å². The summed E-state index contributed by atoms with van der Waals surface area (Å²) in [5.41, 5.74) is 0.322. The second-order valence-corrected chi connectivity index (χ2v) is 6.20. The number of furan rings is 1. The molecule has 0 aliphatic heterocycles. The summed E-state index contributed by atoms with van der Waals surface area (Å²) < 4.78 is 15.8. The van der Waals surface area contributed by atoms with Gasteiger partial charge in [0.25, 0.3) is 0 Å². The van der Waals surface area contributed by atoms with E-state index in [0.29, 0.717) is 10.6 Å². The fraction of sp³-hybridized carbons (Fsp3) is 0.0500. The predicted molar refractivity (Wildman–Crippen MR) is 98.3 cm³/mol. The van der Waals surface area contributed by atoms with E-state index >= 15 is 0 Å². The summed E-state index contributed by atoms with van der Waals surface area (Å²) in [4.78, 5) is 36.4. The molecule has 0 aliphatic carbocycles. The molecule has 7 heteroatoms. The van der Waals surface area contributed by atoms with Gasteiger partial charge >= 0.3 is 5.97 Å². The van der Waals surface area contributed by atoms with Crippen molar-refractivity contribution in [3.8, 4) is 0 Å². The molecule has 0 radical (unpaired) electrons. The first-order valence-electron chi connectivity index (χ1n) is 7.93. The summed E-state index contributed by atoms with van der Waals surface area (Å²) in [7, 11) is 0. The average Bonchev–Trinajstić information content (AvgIpc) is 3.10. The van der Waals surface area contributed by atoms with Crippen molar-refractivity contribution in [2.24, 2.45) is 0 Å². The molecule has 4 aromatic rings. The van der Waals surface area contributed by atoms with Gasteiger partial charge in [-0.25, -0.2) is 4.79 Å². The second kappa shape index (κ2) is 6.74. The molecule has 0 unspecified atom stereocenters. The molecule has 0 bridgehead atoms. The third-order valence-electron chi connectivity index (χ3n) is 3.93. The largest absolute Gasteiger partial charge is 0.453 e. The fourth-order valence-corrected chi connectivity index (χ4v) is 2.79. The quantitative estimate of drug-likeness (QED) is 0.387. The van der Waals surface area contributed by atoms with Crippen LogP contribution in [-0.4, -0.2) is 18.4 Å². The number of carbonyl (C=O) groups is 2. The molecule has 2 aromatic heterocycles. The summed E-state index contributed by atoms with van der Waals surface area (Å²) in [6, 6.07) is 14.2. The van der Waals surface area contributed by atoms with E-state index in [1.807, 2.05) is 6.07 Å². The Morgan fingerprint density at radius 1 is 0.926 bits per heavy atom. The minimum absolute atomic E-state index is 0.0820. The normalized spacial score (nSPS) is 11.0. The highest BCUT2D eigenvalue weighted by Crippen LogP contribution is 2.20. The van der Waals surface area contributed by atoms with Crippen molar-refractivity contribution in [3.05, 3.63) is 81.4 Å². The zero-order valence-corrected chi connectivity index (χ0v) is 14.5. The van der Waals surface area contributed by atoms with Crippen LogP contribution in [0.4, 0.5) is 0 Å². The van der Waals surface area contributed by atoms with Crippen LogP contribution >= 0.6 is 11.6 Å². The van der Waals surface area contributed by atoms with Crippen LogP contribution in [0.25, 0.3) is 21.9 Å². The molecule has 0 spiro atoms. The van der Waals surface area contributed by atoms with Gasteiger partial charge in [0.1, 0.15) is 11.2 Å². The number of hydrogen-bond acceptors (Lipinski definition) is 6. The molecule has 2 heterocycles. The van der Waals surface area contributed by atoms with Crippen LogP contribution in [0.3, 0.4) is 0 Å². The monoisotopic (exact) mass is 382 g/mol. The number of ketones is 1. The van der Waals surface area contributed by atoms with Crippen molar-refractivity contribution in [3.63, 3.8) is 0 Å². The maximum Gasteiger partial charge on any atom is 0.374 e. The van der Waals surface area contributed by atoms with Gasteiger partial charge in [0.05, 0.1) is 5.39 Å². The first-order valence-corrected chi connectivity index (χ1v) is 8.31. The summed E-state index contributed by atoms with van der Waals surface area (Å²) in [6.45, 7) is -0.541. The molecule has 2 aromatic carbocycles. The lowest BCUT2D eigenvalue weighted by Crippen LogP contribution is -2.15. The van der Waals surface area contributed by atoms with Gasteiger partial charge in [0.15, 0.2) is 17.8 Å². The molecular formula is C20H11ClO6. The number of benzene rings is 2. The number of hydrogen-bond donors (Lipinski definition) is 0. The van der Waals surface area contributed by atoms with Gasteiger partial charge in [-0.2, -0.15) is 0 Å². The van der Waals surface area contributed by atoms with Crippen LogP contribution in [0.2, 0.25) is 5.02 Å². The molecule has 0 amide bonds. The standard InChI is InChI=1S/C20H11ClO6/c21-12-5-6-17-13(8-12)14(22)9-19(27-17)20(24)25-10-15(23)18-7-11-3-1-2-4-16(11)26-18/h1-9H,10H2. The van der Waals surface area contributed by atoms with Crippen molar-refractivity contribution in [2.75, 3.05) is 6.61 Å². The summed E-state index contributed by atoms with van der Waals surface area (Å²) in [5, 5.41) is 1.39. The third kappa shape index (κ3) is 3.35. The highest BCUT2D eigenvalue weighted by Gasteiger charge is 2.18. The van der Waals surface area contributed by atoms with E-state index in [0.717, 1.165) is 11.5 Å². The smallest absolute Gasteiger partial charge is 0.374 e. The number of carbonyl (C=O) groups excluding carboxylic acids is 2. The second-order valence-electron chi connectivity index (χ2n) is 5.76. The van der Waals surface area contributed by atoms with Gasteiger partial charge in [0, 0.05) is 16.5 Å². The Labute approximate surface area is 156 Å². The van der Waals surface area contributed by atoms with Crippen molar-refractivity contribution in [1.82, 2.24) is 0 Å². The number of ether oxygens (including phenoxy) is 1. The van der Waals surface area contributed by atoms with E-state index in [1.54, 1.807) is 24.3 Å². The Kier molecular flexibility index (Phi) is 4.25.